The van der Waals surface area contributed by atoms with E-state index in [-0.39, 0.29) is 4.90 Å². The molecule has 11 nitrogen and oxygen atoms in total. The first-order valence-electron chi connectivity index (χ1n) is 13.4. The first-order valence-corrected chi connectivity index (χ1v) is 14.8. The fourth-order valence-corrected chi connectivity index (χ4v) is 6.78. The second-order valence-corrected chi connectivity index (χ2v) is 12.2. The lowest BCUT2D eigenvalue weighted by Gasteiger charge is -2.39. The predicted octanol–water partition coefficient (Wildman–Crippen LogP) is 3.02. The van der Waals surface area contributed by atoms with Crippen molar-refractivity contribution in [1.82, 2.24) is 24.2 Å². The summed E-state index contributed by atoms with van der Waals surface area (Å²) in [6.07, 6.45) is 5.99. The number of sulfonamides is 1. The monoisotopic (exact) mass is 541 g/mol. The number of morpholine rings is 1. The second kappa shape index (κ2) is 10.7. The van der Waals surface area contributed by atoms with Crippen molar-refractivity contribution in [3.05, 3.63) is 30.5 Å². The maximum atomic E-state index is 13.5. The number of nitrogens with one attached hydrogen (secondary N) is 3. The number of hydrogen-bond acceptors (Lipinski definition) is 9. The van der Waals surface area contributed by atoms with Gasteiger partial charge < -0.3 is 25.1 Å². The summed E-state index contributed by atoms with van der Waals surface area (Å²) in [4.78, 5) is 15.1. The largest absolute Gasteiger partial charge is 0.495 e. The molecule has 2 aliphatic heterocycles. The molecule has 0 radical (unpaired) electrons. The van der Waals surface area contributed by atoms with Crippen LogP contribution in [0.5, 0.6) is 5.75 Å². The number of nitrogens with zero attached hydrogens (tertiary/aromatic N) is 4. The first-order chi connectivity index (χ1) is 18.5. The van der Waals surface area contributed by atoms with Gasteiger partial charge in [-0.3, -0.25) is 4.90 Å². The number of anilines is 3. The van der Waals surface area contributed by atoms with Gasteiger partial charge in [-0.2, -0.15) is 14.3 Å². The van der Waals surface area contributed by atoms with Crippen molar-refractivity contribution in [3.63, 3.8) is 0 Å². The summed E-state index contributed by atoms with van der Waals surface area (Å²) in [5.41, 5.74) is 1.32. The van der Waals surface area contributed by atoms with E-state index in [2.05, 4.69) is 30.5 Å². The van der Waals surface area contributed by atoms with Crippen LogP contribution in [0.15, 0.2) is 35.4 Å². The summed E-state index contributed by atoms with van der Waals surface area (Å²) >= 11 is 0. The van der Waals surface area contributed by atoms with Crippen molar-refractivity contribution in [2.75, 3.05) is 63.7 Å². The Morgan fingerprint density at radius 2 is 1.87 bits per heavy atom. The summed E-state index contributed by atoms with van der Waals surface area (Å²) in [6.45, 7) is 5.24. The molecule has 4 heterocycles. The van der Waals surface area contributed by atoms with Crippen molar-refractivity contribution in [2.24, 2.45) is 5.92 Å². The third-order valence-corrected chi connectivity index (χ3v) is 9.61. The van der Waals surface area contributed by atoms with Gasteiger partial charge in [0.05, 0.1) is 36.3 Å². The van der Waals surface area contributed by atoms with Gasteiger partial charge >= 0.3 is 0 Å². The second-order valence-electron chi connectivity index (χ2n) is 10.2. The average Bonchev–Trinajstić information content (AvgIpc) is 3.66. The van der Waals surface area contributed by atoms with E-state index >= 15 is 0 Å². The van der Waals surface area contributed by atoms with Crippen LogP contribution in [0.4, 0.5) is 17.5 Å². The topological polar surface area (TPSA) is 125 Å². The summed E-state index contributed by atoms with van der Waals surface area (Å²) < 4.78 is 39.6. The van der Waals surface area contributed by atoms with Crippen LogP contribution in [0.2, 0.25) is 0 Å². The summed E-state index contributed by atoms with van der Waals surface area (Å²) in [7, 11) is -2.11. The Morgan fingerprint density at radius 3 is 2.61 bits per heavy atom. The quantitative estimate of drug-likeness (QED) is 0.375. The van der Waals surface area contributed by atoms with Gasteiger partial charge in [0, 0.05) is 51.0 Å². The number of fused-ring (bicyclic) bond motifs is 1. The van der Waals surface area contributed by atoms with E-state index in [9.17, 15) is 8.42 Å². The number of hydrogen-bond donors (Lipinski definition) is 3. The highest BCUT2D eigenvalue weighted by Crippen LogP contribution is 2.34. The third-order valence-electron chi connectivity index (χ3n) is 7.71. The van der Waals surface area contributed by atoms with E-state index in [0.29, 0.717) is 42.4 Å². The molecule has 1 saturated carbocycles. The molecule has 3 aromatic rings. The summed E-state index contributed by atoms with van der Waals surface area (Å²) in [5.74, 6) is 2.29. The van der Waals surface area contributed by atoms with Crippen LogP contribution < -0.4 is 15.4 Å². The molecule has 38 heavy (non-hydrogen) atoms. The Balaban J connectivity index is 1.17. The molecule has 2 aromatic heterocycles. The smallest absolute Gasteiger partial charge is 0.243 e. The van der Waals surface area contributed by atoms with Crippen LogP contribution in [0.1, 0.15) is 25.7 Å². The van der Waals surface area contributed by atoms with Crippen LogP contribution >= 0.6 is 0 Å². The Hall–Kier alpha value is -2.93. The molecule has 204 valence electrons. The highest BCUT2D eigenvalue weighted by Gasteiger charge is 2.32. The Bertz CT molecular complexity index is 1380. The zero-order valence-corrected chi connectivity index (χ0v) is 22.5. The van der Waals surface area contributed by atoms with E-state index in [1.807, 2.05) is 12.3 Å². The van der Waals surface area contributed by atoms with Crippen LogP contribution in [-0.4, -0.2) is 91.7 Å². The fraction of sp³-hybridized carbons (Fsp3) is 0.538. The SMILES string of the molecule is COc1cc(S(=O)(=O)N2CCC(N3CCOCC3)CC2)ccc1Nc1nc(NCC2CC2)c2cc[nH]c2n1. The first kappa shape index (κ1) is 25.4. The highest BCUT2D eigenvalue weighted by atomic mass is 32.2. The van der Waals surface area contributed by atoms with Crippen LogP contribution in [0.3, 0.4) is 0 Å². The number of aromatic nitrogens is 3. The molecule has 12 heteroatoms. The van der Waals surface area contributed by atoms with Gasteiger partial charge in [-0.05, 0) is 49.8 Å². The summed E-state index contributed by atoms with van der Waals surface area (Å²) in [5, 5.41) is 7.59. The molecule has 0 unspecified atom stereocenters. The summed E-state index contributed by atoms with van der Waals surface area (Å²) in [6, 6.07) is 7.27. The van der Waals surface area contributed by atoms with E-state index in [1.165, 1.54) is 20.0 Å². The van der Waals surface area contributed by atoms with E-state index in [0.717, 1.165) is 62.5 Å². The van der Waals surface area contributed by atoms with E-state index < -0.39 is 10.0 Å². The van der Waals surface area contributed by atoms with Crippen molar-refractivity contribution in [3.8, 4) is 5.75 Å². The molecule has 6 rings (SSSR count). The van der Waals surface area contributed by atoms with Gasteiger partial charge in [-0.25, -0.2) is 8.42 Å². The van der Waals surface area contributed by atoms with Crippen molar-refractivity contribution >= 4 is 38.5 Å². The molecule has 0 bridgehead atoms. The molecule has 1 aliphatic carbocycles. The molecule has 1 aromatic carbocycles. The number of methoxy groups -OCH3 is 1. The maximum absolute atomic E-state index is 13.5. The van der Waals surface area contributed by atoms with Crippen LogP contribution in [0.25, 0.3) is 11.0 Å². The van der Waals surface area contributed by atoms with Gasteiger partial charge in [-0.15, -0.1) is 0 Å². The van der Waals surface area contributed by atoms with E-state index in [4.69, 9.17) is 9.47 Å². The Kier molecular flexibility index (Phi) is 7.12. The molecule has 0 spiro atoms. The molecule has 3 N–H and O–H groups in total. The van der Waals surface area contributed by atoms with Gasteiger partial charge in [-0.1, -0.05) is 0 Å². The van der Waals surface area contributed by atoms with Gasteiger partial charge in [0.1, 0.15) is 17.2 Å². The normalized spacial score (nSPS) is 20.0. The third kappa shape index (κ3) is 5.31. The number of ether oxygens (including phenoxy) is 2. The zero-order valence-electron chi connectivity index (χ0n) is 21.6. The van der Waals surface area contributed by atoms with Crippen molar-refractivity contribution in [2.45, 2.75) is 36.6 Å². The van der Waals surface area contributed by atoms with Gasteiger partial charge in [0.2, 0.25) is 16.0 Å². The van der Waals surface area contributed by atoms with Gasteiger partial charge in [0.15, 0.2) is 0 Å². The van der Waals surface area contributed by atoms with Crippen molar-refractivity contribution < 1.29 is 17.9 Å². The molecule has 0 atom stereocenters. The fourth-order valence-electron chi connectivity index (χ4n) is 5.29. The van der Waals surface area contributed by atoms with Crippen LogP contribution in [0, 0.1) is 5.92 Å². The molecular formula is C26H35N7O4S. The average molecular weight is 542 g/mol. The minimum Gasteiger partial charge on any atom is -0.495 e. The van der Waals surface area contributed by atoms with E-state index in [1.54, 1.807) is 22.5 Å². The highest BCUT2D eigenvalue weighted by molar-refractivity contribution is 7.89. The minimum absolute atomic E-state index is 0.220. The number of H-pyrrole nitrogens is 1. The Morgan fingerprint density at radius 1 is 1.08 bits per heavy atom. The molecule has 3 fully saturated rings. The molecule has 0 amide bonds. The van der Waals surface area contributed by atoms with Gasteiger partial charge in [0.25, 0.3) is 0 Å². The number of piperidine rings is 1. The lowest BCUT2D eigenvalue weighted by atomic mass is 10.0. The van der Waals surface area contributed by atoms with Crippen molar-refractivity contribution in [1.29, 1.82) is 0 Å². The Labute approximate surface area is 223 Å². The number of rotatable bonds is 9. The lowest BCUT2D eigenvalue weighted by Crippen LogP contribution is -2.50. The van der Waals surface area contributed by atoms with Crippen LogP contribution in [-0.2, 0) is 14.8 Å². The zero-order chi connectivity index (χ0) is 26.1. The standard InChI is InChI=1S/C26H35N7O4S/c1-36-23-16-20(38(34,35)33-10-7-19(8-11-33)32-12-14-37-15-13-32)4-5-22(23)29-26-30-24-21(6-9-27-24)25(31-26)28-17-18-2-3-18/h4-6,9,16,18-19H,2-3,7-8,10-15,17H2,1H3,(H3,27,28,29,30,31). The molecule has 3 aliphatic rings. The minimum atomic E-state index is -3.64. The lowest BCUT2D eigenvalue weighted by molar-refractivity contribution is 0.00610. The maximum Gasteiger partial charge on any atom is 0.243 e. The number of aromatic amines is 1. The molecule has 2 saturated heterocycles. The number of benzene rings is 1. The predicted molar refractivity (Wildman–Crippen MR) is 146 cm³/mol. The molecular weight excluding hydrogens is 506 g/mol.